The van der Waals surface area contributed by atoms with Crippen LogP contribution >= 0.6 is 0 Å². The van der Waals surface area contributed by atoms with Gasteiger partial charge in [0.15, 0.2) is 0 Å². The first-order valence-corrected chi connectivity index (χ1v) is 6.24. The third-order valence-corrected chi connectivity index (χ3v) is 3.54. The molecule has 3 rings (SSSR count). The summed E-state index contributed by atoms with van der Waals surface area (Å²) in [4.78, 5) is 10.3. The molecule has 0 heterocycles. The molecule has 0 spiro atoms. The molecule has 3 nitrogen and oxygen atoms in total. The summed E-state index contributed by atoms with van der Waals surface area (Å²) in [5.41, 5.74) is 3.86. The molecular formula is C16H13NO2. The number of hydrogen-bond donors (Lipinski definition) is 0. The van der Waals surface area contributed by atoms with Gasteiger partial charge in [-0.25, -0.2) is 0 Å². The second-order valence-electron chi connectivity index (χ2n) is 4.72. The van der Waals surface area contributed by atoms with Crippen LogP contribution in [-0.4, -0.2) is 4.92 Å². The molecular weight excluding hydrogens is 238 g/mol. The van der Waals surface area contributed by atoms with E-state index < -0.39 is 0 Å². The monoisotopic (exact) mass is 251 g/mol. The lowest BCUT2D eigenvalue weighted by Gasteiger charge is -2.19. The van der Waals surface area contributed by atoms with Crippen molar-refractivity contribution in [3.8, 4) is 0 Å². The zero-order valence-electron chi connectivity index (χ0n) is 10.3. The number of nitro benzene ring substituents is 1. The molecule has 1 aliphatic carbocycles. The van der Waals surface area contributed by atoms with Crippen LogP contribution in [0.2, 0.25) is 0 Å². The average Bonchev–Trinajstić information content (AvgIpc) is 2.47. The van der Waals surface area contributed by atoms with Crippen molar-refractivity contribution in [1.82, 2.24) is 0 Å². The molecule has 3 heteroatoms. The normalized spacial score (nSPS) is 16.9. The topological polar surface area (TPSA) is 43.1 Å². The number of hydrogen-bond acceptors (Lipinski definition) is 2. The molecule has 0 bridgehead atoms. The number of nitrogens with zero attached hydrogens (tertiary/aromatic N) is 1. The number of non-ortho nitro benzene ring substituents is 1. The number of nitro groups is 1. The second-order valence-corrected chi connectivity index (χ2v) is 4.72. The minimum absolute atomic E-state index is 0.143. The van der Waals surface area contributed by atoms with Gasteiger partial charge in [-0.15, -0.1) is 0 Å². The van der Waals surface area contributed by atoms with Crippen molar-refractivity contribution in [2.45, 2.75) is 12.3 Å². The van der Waals surface area contributed by atoms with Crippen molar-refractivity contribution < 1.29 is 4.92 Å². The van der Waals surface area contributed by atoms with E-state index in [-0.39, 0.29) is 10.6 Å². The molecule has 2 aromatic rings. The lowest BCUT2D eigenvalue weighted by molar-refractivity contribution is -0.384. The van der Waals surface area contributed by atoms with Crippen LogP contribution in [0.5, 0.6) is 0 Å². The Kier molecular flexibility index (Phi) is 2.88. The third-order valence-electron chi connectivity index (χ3n) is 3.54. The lowest BCUT2D eigenvalue weighted by atomic mass is 9.85. The minimum Gasteiger partial charge on any atom is -0.258 e. The van der Waals surface area contributed by atoms with E-state index in [0.29, 0.717) is 5.92 Å². The van der Waals surface area contributed by atoms with Crippen LogP contribution in [-0.2, 0) is 6.42 Å². The molecule has 94 valence electrons. The molecule has 1 atom stereocenters. The summed E-state index contributed by atoms with van der Waals surface area (Å²) in [7, 11) is 0. The van der Waals surface area contributed by atoms with Crippen LogP contribution in [0.15, 0.2) is 54.6 Å². The maximum absolute atomic E-state index is 10.6. The second kappa shape index (κ2) is 4.69. The van der Waals surface area contributed by atoms with Gasteiger partial charge in [-0.3, -0.25) is 10.1 Å². The van der Waals surface area contributed by atoms with E-state index in [1.165, 1.54) is 11.1 Å². The highest BCUT2D eigenvalue weighted by molar-refractivity contribution is 5.58. The van der Waals surface area contributed by atoms with Crippen LogP contribution in [0.4, 0.5) is 5.69 Å². The largest absolute Gasteiger partial charge is 0.269 e. The first kappa shape index (κ1) is 11.7. The molecule has 0 aromatic heterocycles. The van der Waals surface area contributed by atoms with E-state index in [2.05, 4.69) is 24.3 Å². The fraction of sp³-hybridized carbons (Fsp3) is 0.125. The van der Waals surface area contributed by atoms with Crippen LogP contribution in [0, 0.1) is 10.1 Å². The van der Waals surface area contributed by atoms with E-state index in [0.717, 1.165) is 12.0 Å². The van der Waals surface area contributed by atoms with Crippen molar-refractivity contribution in [3.05, 3.63) is 81.4 Å². The third kappa shape index (κ3) is 2.27. The Balaban J connectivity index is 1.87. The molecule has 2 aromatic carbocycles. The van der Waals surface area contributed by atoms with Crippen molar-refractivity contribution in [2.75, 3.05) is 0 Å². The highest BCUT2D eigenvalue weighted by Crippen LogP contribution is 2.30. The van der Waals surface area contributed by atoms with Crippen LogP contribution < -0.4 is 0 Å². The van der Waals surface area contributed by atoms with E-state index in [4.69, 9.17) is 0 Å². The minimum atomic E-state index is -0.365. The number of allylic oxidation sites excluding steroid dienone is 1. The Morgan fingerprint density at radius 1 is 1.05 bits per heavy atom. The summed E-state index contributed by atoms with van der Waals surface area (Å²) in [5.74, 6) is 0.302. The maximum atomic E-state index is 10.6. The molecule has 0 aliphatic heterocycles. The SMILES string of the molecule is O=[N+]([O-])c1ccc(C2C=Cc3ccccc3C2)cc1. The summed E-state index contributed by atoms with van der Waals surface area (Å²) in [6.07, 6.45) is 5.25. The van der Waals surface area contributed by atoms with Crippen molar-refractivity contribution >= 4 is 11.8 Å². The fourth-order valence-electron chi connectivity index (χ4n) is 2.48. The molecule has 0 radical (unpaired) electrons. The van der Waals surface area contributed by atoms with E-state index in [1.54, 1.807) is 12.1 Å². The number of benzene rings is 2. The van der Waals surface area contributed by atoms with Crippen LogP contribution in [0.3, 0.4) is 0 Å². The first-order chi connectivity index (χ1) is 9.24. The van der Waals surface area contributed by atoms with Gasteiger partial charge in [-0.1, -0.05) is 48.6 Å². The molecule has 0 fully saturated rings. The summed E-state index contributed by atoms with van der Waals surface area (Å²) in [5, 5.41) is 10.6. The first-order valence-electron chi connectivity index (χ1n) is 6.24. The molecule has 1 aliphatic rings. The van der Waals surface area contributed by atoms with E-state index >= 15 is 0 Å². The van der Waals surface area contributed by atoms with Crippen LogP contribution in [0.1, 0.15) is 22.6 Å². The molecule has 1 unspecified atom stereocenters. The number of rotatable bonds is 2. The lowest BCUT2D eigenvalue weighted by Crippen LogP contribution is -2.05. The van der Waals surface area contributed by atoms with Crippen LogP contribution in [0.25, 0.3) is 6.08 Å². The van der Waals surface area contributed by atoms with Gasteiger partial charge < -0.3 is 0 Å². The zero-order chi connectivity index (χ0) is 13.2. The summed E-state index contributed by atoms with van der Waals surface area (Å²) in [6, 6.07) is 15.2. The van der Waals surface area contributed by atoms with Gasteiger partial charge in [-0.05, 0) is 23.1 Å². The predicted molar refractivity (Wildman–Crippen MR) is 75.0 cm³/mol. The average molecular weight is 251 g/mol. The van der Waals surface area contributed by atoms with Crippen molar-refractivity contribution in [2.24, 2.45) is 0 Å². The highest BCUT2D eigenvalue weighted by Gasteiger charge is 2.16. The molecule has 0 saturated heterocycles. The Morgan fingerprint density at radius 2 is 1.79 bits per heavy atom. The predicted octanol–water partition coefficient (Wildman–Crippen LogP) is 3.95. The Bertz CT molecular complexity index is 644. The Hall–Kier alpha value is -2.42. The summed E-state index contributed by atoms with van der Waals surface area (Å²) in [6.45, 7) is 0. The Morgan fingerprint density at radius 3 is 2.53 bits per heavy atom. The molecule has 0 N–H and O–H groups in total. The van der Waals surface area contributed by atoms with Gasteiger partial charge in [-0.2, -0.15) is 0 Å². The van der Waals surface area contributed by atoms with Gasteiger partial charge >= 0.3 is 0 Å². The quantitative estimate of drug-likeness (QED) is 0.599. The summed E-state index contributed by atoms with van der Waals surface area (Å²) >= 11 is 0. The summed E-state index contributed by atoms with van der Waals surface area (Å²) < 4.78 is 0. The number of fused-ring (bicyclic) bond motifs is 1. The maximum Gasteiger partial charge on any atom is 0.269 e. The molecule has 0 saturated carbocycles. The molecule has 0 amide bonds. The van der Waals surface area contributed by atoms with Gasteiger partial charge in [0, 0.05) is 18.1 Å². The Labute approximate surface area is 111 Å². The zero-order valence-corrected chi connectivity index (χ0v) is 10.3. The van der Waals surface area contributed by atoms with Gasteiger partial charge in [0.25, 0.3) is 5.69 Å². The van der Waals surface area contributed by atoms with E-state index in [1.807, 2.05) is 24.3 Å². The van der Waals surface area contributed by atoms with Crippen molar-refractivity contribution in [1.29, 1.82) is 0 Å². The fourth-order valence-corrected chi connectivity index (χ4v) is 2.48. The standard InChI is InChI=1S/C16H13NO2/c18-17(19)16-9-7-13(8-10-16)15-6-5-12-3-1-2-4-14(12)11-15/h1-10,15H,11H2. The van der Waals surface area contributed by atoms with E-state index in [9.17, 15) is 10.1 Å². The van der Waals surface area contributed by atoms with Gasteiger partial charge in [0.05, 0.1) is 4.92 Å². The van der Waals surface area contributed by atoms with Gasteiger partial charge in [0.1, 0.15) is 0 Å². The highest BCUT2D eigenvalue weighted by atomic mass is 16.6. The van der Waals surface area contributed by atoms with Gasteiger partial charge in [0.2, 0.25) is 0 Å². The van der Waals surface area contributed by atoms with Crippen molar-refractivity contribution in [3.63, 3.8) is 0 Å². The molecule has 19 heavy (non-hydrogen) atoms. The smallest absolute Gasteiger partial charge is 0.258 e.